The number of aryl methyl sites for hydroxylation is 2. The molecule has 2 aromatic heterocycles. The Balaban J connectivity index is 1.22. The number of carbonyl (C=O) groups excluding carboxylic acids is 1. The second-order valence-electron chi connectivity index (χ2n) is 11.8. The van der Waals surface area contributed by atoms with E-state index in [9.17, 15) is 4.79 Å². The number of imidazole rings is 1. The molecule has 2 aliphatic carbocycles. The van der Waals surface area contributed by atoms with Gasteiger partial charge in [-0.3, -0.25) is 4.98 Å². The van der Waals surface area contributed by atoms with Crippen LogP contribution in [0.3, 0.4) is 0 Å². The topological polar surface area (TPSA) is 63.1 Å². The zero-order valence-electron chi connectivity index (χ0n) is 23.5. The molecule has 6 nitrogen and oxygen atoms in total. The quantitative estimate of drug-likeness (QED) is 0.342. The Labute approximate surface area is 242 Å². The van der Waals surface area contributed by atoms with Gasteiger partial charge in [-0.05, 0) is 91.8 Å². The molecule has 3 aliphatic rings. The highest BCUT2D eigenvalue weighted by Crippen LogP contribution is 2.45. The van der Waals surface area contributed by atoms with E-state index in [0.29, 0.717) is 12.0 Å². The summed E-state index contributed by atoms with van der Waals surface area (Å²) in [6, 6.07) is 11.1. The molecule has 1 aliphatic heterocycles. The minimum atomic E-state index is 0.119. The van der Waals surface area contributed by atoms with E-state index in [1.807, 2.05) is 30.4 Å². The maximum absolute atomic E-state index is 13.1. The molecule has 0 radical (unpaired) electrons. The standard InChI is InChI=1S/C33H40ClN5O/c1-23-21-38(22-36-23)16-6-7-25-19-26-20-27(34)11-12-29(26)31(32-30(25)10-5-15-35-32)24-13-17-39(18-14-24)33(40)37-28-8-3-2-4-9-28/h5,10-12,15,19-22,24,28,31H,2-4,6-9,13-14,16-18H2,1H3,(H,37,40)/t31-/m0/s1. The second-order valence-corrected chi connectivity index (χ2v) is 12.3. The van der Waals surface area contributed by atoms with Crippen molar-refractivity contribution in [3.8, 4) is 0 Å². The summed E-state index contributed by atoms with van der Waals surface area (Å²) < 4.78 is 2.17. The van der Waals surface area contributed by atoms with Crippen molar-refractivity contribution in [3.05, 3.63) is 82.2 Å². The summed E-state index contributed by atoms with van der Waals surface area (Å²) in [5, 5.41) is 4.07. The number of nitrogens with one attached hydrogen (secondary N) is 1. The number of nitrogens with zero attached hydrogens (tertiary/aromatic N) is 4. The fourth-order valence-electron chi connectivity index (χ4n) is 6.98. The van der Waals surface area contributed by atoms with Crippen LogP contribution in [0.25, 0.3) is 11.6 Å². The van der Waals surface area contributed by atoms with E-state index in [4.69, 9.17) is 16.6 Å². The van der Waals surface area contributed by atoms with Crippen LogP contribution in [-0.4, -0.2) is 44.6 Å². The zero-order valence-corrected chi connectivity index (χ0v) is 24.2. The third-order valence-corrected chi connectivity index (χ3v) is 9.28. The van der Waals surface area contributed by atoms with Gasteiger partial charge in [0.15, 0.2) is 0 Å². The highest BCUT2D eigenvalue weighted by atomic mass is 35.5. The Bertz CT molecular complexity index is 1370. The largest absolute Gasteiger partial charge is 0.337 e. The smallest absolute Gasteiger partial charge is 0.317 e. The lowest BCUT2D eigenvalue weighted by Crippen LogP contribution is -2.48. The Morgan fingerprint density at radius 2 is 1.90 bits per heavy atom. The van der Waals surface area contributed by atoms with Crippen molar-refractivity contribution in [1.82, 2.24) is 24.8 Å². The van der Waals surface area contributed by atoms with Gasteiger partial charge in [0.05, 0.1) is 17.7 Å². The van der Waals surface area contributed by atoms with Gasteiger partial charge in [0.2, 0.25) is 0 Å². The predicted molar refractivity (Wildman–Crippen MR) is 161 cm³/mol. The molecular formula is C33H40ClN5O. The maximum atomic E-state index is 13.1. The fourth-order valence-corrected chi connectivity index (χ4v) is 7.16. The van der Waals surface area contributed by atoms with E-state index in [0.717, 1.165) is 68.9 Å². The summed E-state index contributed by atoms with van der Waals surface area (Å²) >= 11 is 6.54. The first-order valence-electron chi connectivity index (χ1n) is 15.0. The lowest BCUT2D eigenvalue weighted by atomic mass is 9.76. The highest BCUT2D eigenvalue weighted by Gasteiger charge is 2.35. The number of halogens is 1. The predicted octanol–water partition coefficient (Wildman–Crippen LogP) is 7.46. The minimum Gasteiger partial charge on any atom is -0.337 e. The number of pyridine rings is 1. The molecule has 1 atom stereocenters. The molecule has 1 N–H and O–H groups in total. The number of amides is 2. The molecule has 2 fully saturated rings. The molecule has 2 amide bonds. The summed E-state index contributed by atoms with van der Waals surface area (Å²) in [5.74, 6) is 0.589. The lowest BCUT2D eigenvalue weighted by Gasteiger charge is -2.37. The van der Waals surface area contributed by atoms with Crippen molar-refractivity contribution in [1.29, 1.82) is 0 Å². The van der Waals surface area contributed by atoms with Crippen LogP contribution >= 0.6 is 11.6 Å². The van der Waals surface area contributed by atoms with Gasteiger partial charge in [0.25, 0.3) is 0 Å². The molecule has 7 heteroatoms. The number of allylic oxidation sites excluding steroid dienone is 1. The van der Waals surface area contributed by atoms with E-state index in [1.165, 1.54) is 47.2 Å². The van der Waals surface area contributed by atoms with Crippen molar-refractivity contribution >= 4 is 29.3 Å². The van der Waals surface area contributed by atoms with Crippen LogP contribution in [0.15, 0.2) is 49.1 Å². The van der Waals surface area contributed by atoms with Gasteiger partial charge in [-0.2, -0.15) is 0 Å². The SMILES string of the molecule is Cc1cn(CCCC2=Cc3cc(Cl)ccc3[C@H](C3CCN(C(=O)NC4CCCCC4)CC3)c3ncccc32)cn1. The normalized spacial score (nSPS) is 19.9. The van der Waals surface area contributed by atoms with Crippen molar-refractivity contribution < 1.29 is 4.79 Å². The number of likely N-dealkylation sites (tertiary alicyclic amines) is 1. The molecule has 3 aromatic rings. The Morgan fingerprint density at radius 1 is 1.07 bits per heavy atom. The number of piperidine rings is 1. The lowest BCUT2D eigenvalue weighted by molar-refractivity contribution is 0.160. The summed E-state index contributed by atoms with van der Waals surface area (Å²) in [6.45, 7) is 4.53. The van der Waals surface area contributed by atoms with Crippen LogP contribution in [0.4, 0.5) is 4.79 Å². The van der Waals surface area contributed by atoms with Gasteiger partial charge >= 0.3 is 6.03 Å². The fraction of sp³-hybridized carbons (Fsp3) is 0.485. The van der Waals surface area contributed by atoms with E-state index < -0.39 is 0 Å². The first-order valence-corrected chi connectivity index (χ1v) is 15.4. The van der Waals surface area contributed by atoms with Gasteiger partial charge in [-0.25, -0.2) is 9.78 Å². The van der Waals surface area contributed by atoms with Crippen LogP contribution in [0, 0.1) is 12.8 Å². The molecule has 3 heterocycles. The molecule has 0 unspecified atom stereocenters. The van der Waals surface area contributed by atoms with Crippen molar-refractivity contribution in [3.63, 3.8) is 0 Å². The summed E-state index contributed by atoms with van der Waals surface area (Å²) in [7, 11) is 0. The number of urea groups is 1. The van der Waals surface area contributed by atoms with E-state index >= 15 is 0 Å². The van der Waals surface area contributed by atoms with E-state index in [2.05, 4.69) is 51.4 Å². The number of hydrogen-bond donors (Lipinski definition) is 1. The van der Waals surface area contributed by atoms with E-state index in [1.54, 1.807) is 0 Å². The minimum absolute atomic E-state index is 0.119. The number of aromatic nitrogens is 3. The third-order valence-electron chi connectivity index (χ3n) is 9.05. The van der Waals surface area contributed by atoms with Crippen molar-refractivity contribution in [2.24, 2.45) is 5.92 Å². The van der Waals surface area contributed by atoms with Gasteiger partial charge in [-0.1, -0.05) is 49.1 Å². The highest BCUT2D eigenvalue weighted by molar-refractivity contribution is 6.30. The number of benzene rings is 1. The number of hydrogen-bond acceptors (Lipinski definition) is 3. The summed E-state index contributed by atoms with van der Waals surface area (Å²) in [4.78, 5) is 24.5. The van der Waals surface area contributed by atoms with E-state index in [-0.39, 0.29) is 11.9 Å². The first-order chi connectivity index (χ1) is 19.5. The molecule has 6 rings (SSSR count). The van der Waals surface area contributed by atoms with Gasteiger partial charge in [-0.15, -0.1) is 0 Å². The van der Waals surface area contributed by atoms with Crippen LogP contribution in [0.1, 0.15) is 91.8 Å². The molecule has 0 bridgehead atoms. The Kier molecular flexibility index (Phi) is 8.24. The summed E-state index contributed by atoms with van der Waals surface area (Å²) in [6.07, 6.45) is 18.2. The van der Waals surface area contributed by atoms with Gasteiger partial charge < -0.3 is 14.8 Å². The Morgan fingerprint density at radius 3 is 2.67 bits per heavy atom. The average Bonchev–Trinajstić information content (AvgIpc) is 3.33. The number of rotatable bonds is 6. The molecule has 1 aromatic carbocycles. The molecule has 40 heavy (non-hydrogen) atoms. The average molecular weight is 558 g/mol. The molecule has 210 valence electrons. The number of fused-ring (bicyclic) bond motifs is 2. The molecule has 0 spiro atoms. The first kappa shape index (κ1) is 27.1. The van der Waals surface area contributed by atoms with Crippen molar-refractivity contribution in [2.75, 3.05) is 13.1 Å². The van der Waals surface area contributed by atoms with Crippen LogP contribution in [0.2, 0.25) is 5.02 Å². The van der Waals surface area contributed by atoms with Crippen LogP contribution in [0.5, 0.6) is 0 Å². The monoisotopic (exact) mass is 557 g/mol. The number of carbonyl (C=O) groups is 1. The van der Waals surface area contributed by atoms with Crippen LogP contribution < -0.4 is 5.32 Å². The third kappa shape index (κ3) is 5.97. The molecule has 1 saturated carbocycles. The van der Waals surface area contributed by atoms with Crippen molar-refractivity contribution in [2.45, 2.75) is 83.2 Å². The molecule has 1 saturated heterocycles. The zero-order chi connectivity index (χ0) is 27.5. The van der Waals surface area contributed by atoms with Gasteiger partial charge in [0, 0.05) is 49.0 Å². The maximum Gasteiger partial charge on any atom is 0.317 e. The van der Waals surface area contributed by atoms with Crippen LogP contribution in [-0.2, 0) is 6.54 Å². The summed E-state index contributed by atoms with van der Waals surface area (Å²) in [5.41, 5.74) is 7.27. The Hall–Kier alpha value is -3.12. The second kappa shape index (κ2) is 12.2. The molecular weight excluding hydrogens is 518 g/mol. The van der Waals surface area contributed by atoms with Gasteiger partial charge in [0.1, 0.15) is 0 Å².